The van der Waals surface area contributed by atoms with E-state index in [0.717, 1.165) is 21.0 Å². The maximum Gasteiger partial charge on any atom is 0.143 e. The second-order valence-corrected chi connectivity index (χ2v) is 6.96. The van der Waals surface area contributed by atoms with Crippen molar-refractivity contribution in [2.45, 2.75) is 16.5 Å². The first kappa shape index (κ1) is 17.8. The Kier molecular flexibility index (Phi) is 6.34. The van der Waals surface area contributed by atoms with E-state index in [2.05, 4.69) is 10.1 Å². The summed E-state index contributed by atoms with van der Waals surface area (Å²) in [5.41, 5.74) is 1.71. The van der Waals surface area contributed by atoms with Crippen molar-refractivity contribution in [2.75, 3.05) is 0 Å². The fourth-order valence-electron chi connectivity index (χ4n) is 2.03. The Labute approximate surface area is 160 Å². The number of rotatable bonds is 6. The molecule has 25 heavy (non-hydrogen) atoms. The van der Waals surface area contributed by atoms with Gasteiger partial charge >= 0.3 is 0 Å². The zero-order valence-corrected chi connectivity index (χ0v) is 15.4. The number of nitrogens with zero attached hydrogens (tertiary/aromatic N) is 2. The molecule has 0 amide bonds. The SMILES string of the molecule is Clc1ccc(CON=Cc2cccnc2Sc2ccccc2)c(Cl)c1. The molecule has 1 heterocycles. The predicted octanol–water partition coefficient (Wildman–Crippen LogP) is 6.09. The molecule has 0 saturated heterocycles. The van der Waals surface area contributed by atoms with Crippen LogP contribution in [0.4, 0.5) is 0 Å². The molecule has 0 aliphatic carbocycles. The lowest BCUT2D eigenvalue weighted by Crippen LogP contribution is -1.92. The van der Waals surface area contributed by atoms with Crippen LogP contribution in [0.1, 0.15) is 11.1 Å². The van der Waals surface area contributed by atoms with Crippen LogP contribution in [-0.2, 0) is 11.4 Å². The monoisotopic (exact) mass is 388 g/mol. The summed E-state index contributed by atoms with van der Waals surface area (Å²) in [5.74, 6) is 0. The van der Waals surface area contributed by atoms with Crippen LogP contribution in [0, 0.1) is 0 Å². The van der Waals surface area contributed by atoms with E-state index in [9.17, 15) is 0 Å². The molecule has 0 aliphatic heterocycles. The number of hydrogen-bond acceptors (Lipinski definition) is 4. The minimum atomic E-state index is 0.272. The van der Waals surface area contributed by atoms with Crippen molar-refractivity contribution in [1.82, 2.24) is 4.98 Å². The number of hydrogen-bond donors (Lipinski definition) is 0. The fraction of sp³-hybridized carbons (Fsp3) is 0.0526. The zero-order chi connectivity index (χ0) is 17.5. The fourth-order valence-corrected chi connectivity index (χ4v) is 3.36. The molecule has 0 fully saturated rings. The van der Waals surface area contributed by atoms with Gasteiger partial charge in [0.25, 0.3) is 0 Å². The summed E-state index contributed by atoms with van der Waals surface area (Å²) < 4.78 is 0. The molecule has 0 N–H and O–H groups in total. The van der Waals surface area contributed by atoms with E-state index < -0.39 is 0 Å². The van der Waals surface area contributed by atoms with Crippen molar-refractivity contribution in [2.24, 2.45) is 5.16 Å². The van der Waals surface area contributed by atoms with Gasteiger partial charge in [0, 0.05) is 32.3 Å². The van der Waals surface area contributed by atoms with Gasteiger partial charge in [-0.2, -0.15) is 0 Å². The molecule has 3 rings (SSSR count). The molecule has 0 spiro atoms. The first-order valence-electron chi connectivity index (χ1n) is 7.49. The summed E-state index contributed by atoms with van der Waals surface area (Å²) in [5, 5.41) is 6.05. The van der Waals surface area contributed by atoms with Gasteiger partial charge in [0.2, 0.25) is 0 Å². The van der Waals surface area contributed by atoms with Crippen LogP contribution in [0.5, 0.6) is 0 Å². The Morgan fingerprint density at radius 2 is 1.88 bits per heavy atom. The summed E-state index contributed by atoms with van der Waals surface area (Å²) in [7, 11) is 0. The zero-order valence-electron chi connectivity index (χ0n) is 13.1. The topological polar surface area (TPSA) is 34.5 Å². The number of pyridine rings is 1. The highest BCUT2D eigenvalue weighted by Gasteiger charge is 2.04. The second-order valence-electron chi connectivity index (χ2n) is 5.06. The lowest BCUT2D eigenvalue weighted by molar-refractivity contribution is 0.132. The van der Waals surface area contributed by atoms with Crippen LogP contribution < -0.4 is 0 Å². The van der Waals surface area contributed by atoms with Crippen LogP contribution in [0.3, 0.4) is 0 Å². The third-order valence-corrected chi connectivity index (χ3v) is 4.89. The average Bonchev–Trinajstić information content (AvgIpc) is 2.62. The van der Waals surface area contributed by atoms with Crippen molar-refractivity contribution >= 4 is 41.2 Å². The molecule has 0 saturated carbocycles. The lowest BCUT2D eigenvalue weighted by atomic mass is 10.2. The Morgan fingerprint density at radius 3 is 2.68 bits per heavy atom. The van der Waals surface area contributed by atoms with Crippen molar-refractivity contribution in [3.63, 3.8) is 0 Å². The maximum atomic E-state index is 6.11. The number of oxime groups is 1. The smallest absolute Gasteiger partial charge is 0.143 e. The van der Waals surface area contributed by atoms with Crippen LogP contribution in [0.2, 0.25) is 10.0 Å². The largest absolute Gasteiger partial charge is 0.391 e. The van der Waals surface area contributed by atoms with Gasteiger partial charge in [-0.25, -0.2) is 4.98 Å². The molecule has 3 nitrogen and oxygen atoms in total. The van der Waals surface area contributed by atoms with Gasteiger partial charge in [-0.1, -0.05) is 64.4 Å². The van der Waals surface area contributed by atoms with Crippen LogP contribution in [-0.4, -0.2) is 11.2 Å². The van der Waals surface area contributed by atoms with E-state index in [0.29, 0.717) is 10.0 Å². The minimum Gasteiger partial charge on any atom is -0.391 e. The van der Waals surface area contributed by atoms with E-state index in [-0.39, 0.29) is 6.61 Å². The summed E-state index contributed by atoms with van der Waals surface area (Å²) in [6.45, 7) is 0.272. The van der Waals surface area contributed by atoms with E-state index >= 15 is 0 Å². The molecular formula is C19H14Cl2N2OS. The van der Waals surface area contributed by atoms with E-state index in [1.165, 1.54) is 0 Å². The highest BCUT2D eigenvalue weighted by Crippen LogP contribution is 2.27. The summed E-state index contributed by atoms with van der Waals surface area (Å²) in [4.78, 5) is 10.9. The van der Waals surface area contributed by atoms with Gasteiger partial charge in [-0.15, -0.1) is 0 Å². The summed E-state index contributed by atoms with van der Waals surface area (Å²) in [6.07, 6.45) is 3.42. The molecule has 0 bridgehead atoms. The summed E-state index contributed by atoms with van der Waals surface area (Å²) in [6, 6.07) is 19.1. The van der Waals surface area contributed by atoms with Gasteiger partial charge in [-0.3, -0.25) is 0 Å². The molecular weight excluding hydrogens is 375 g/mol. The molecule has 126 valence electrons. The van der Waals surface area contributed by atoms with Gasteiger partial charge in [-0.05, 0) is 36.4 Å². The van der Waals surface area contributed by atoms with Crippen LogP contribution in [0.25, 0.3) is 0 Å². The van der Waals surface area contributed by atoms with Gasteiger partial charge in [0.15, 0.2) is 0 Å². The first-order valence-corrected chi connectivity index (χ1v) is 9.07. The molecule has 1 aromatic heterocycles. The van der Waals surface area contributed by atoms with Crippen molar-refractivity contribution < 1.29 is 4.84 Å². The van der Waals surface area contributed by atoms with Crippen molar-refractivity contribution in [1.29, 1.82) is 0 Å². The minimum absolute atomic E-state index is 0.272. The van der Waals surface area contributed by atoms with Crippen LogP contribution in [0.15, 0.2) is 81.9 Å². The molecule has 6 heteroatoms. The van der Waals surface area contributed by atoms with Gasteiger partial charge in [0.1, 0.15) is 11.6 Å². The van der Waals surface area contributed by atoms with E-state index in [4.69, 9.17) is 28.0 Å². The molecule has 0 unspecified atom stereocenters. The molecule has 0 radical (unpaired) electrons. The Morgan fingerprint density at radius 1 is 1.04 bits per heavy atom. The standard InChI is InChI=1S/C19H14Cl2N2OS/c20-16-9-8-15(18(21)11-16)13-24-23-12-14-5-4-10-22-19(14)25-17-6-2-1-3-7-17/h1-12H,13H2. The van der Waals surface area contributed by atoms with Crippen molar-refractivity contribution in [3.05, 3.63) is 88.0 Å². The maximum absolute atomic E-state index is 6.11. The third-order valence-electron chi connectivity index (χ3n) is 3.26. The summed E-state index contributed by atoms with van der Waals surface area (Å²) >= 11 is 13.6. The quantitative estimate of drug-likeness (QED) is 0.378. The highest BCUT2D eigenvalue weighted by molar-refractivity contribution is 7.99. The molecule has 3 aromatic rings. The van der Waals surface area contributed by atoms with Gasteiger partial charge in [0.05, 0.1) is 6.21 Å². The first-order chi connectivity index (χ1) is 12.2. The number of aromatic nitrogens is 1. The Bertz CT molecular complexity index is 872. The third kappa shape index (κ3) is 5.23. The number of halogens is 2. The van der Waals surface area contributed by atoms with E-state index in [1.807, 2.05) is 48.5 Å². The Hall–Kier alpha value is -2.01. The Balaban J connectivity index is 1.65. The predicted molar refractivity (Wildman–Crippen MR) is 104 cm³/mol. The molecule has 0 atom stereocenters. The second kappa shape index (κ2) is 8.90. The van der Waals surface area contributed by atoms with E-state index in [1.54, 1.807) is 36.3 Å². The molecule has 2 aromatic carbocycles. The van der Waals surface area contributed by atoms with Crippen molar-refractivity contribution in [3.8, 4) is 0 Å². The normalized spacial score (nSPS) is 11.0. The van der Waals surface area contributed by atoms with Crippen LogP contribution >= 0.6 is 35.0 Å². The number of benzene rings is 2. The average molecular weight is 389 g/mol. The molecule has 0 aliphatic rings. The highest BCUT2D eigenvalue weighted by atomic mass is 35.5. The van der Waals surface area contributed by atoms with Gasteiger partial charge < -0.3 is 4.84 Å². The lowest BCUT2D eigenvalue weighted by Gasteiger charge is -2.05.